The zero-order chi connectivity index (χ0) is 42.0. The zero-order valence-electron chi connectivity index (χ0n) is 34.8. The molecular formula is C46H54ClN11O3. The fraction of sp³-hybridized carbons (Fsp3) is 0.435. The van der Waals surface area contributed by atoms with Crippen molar-refractivity contribution in [1.82, 2.24) is 29.8 Å². The number of hydrogen-bond donors (Lipinski definition) is 3. The predicted molar refractivity (Wildman–Crippen MR) is 240 cm³/mol. The van der Waals surface area contributed by atoms with E-state index in [1.165, 1.54) is 42.0 Å². The van der Waals surface area contributed by atoms with Crippen molar-refractivity contribution in [3.8, 4) is 11.3 Å². The molecule has 14 nitrogen and oxygen atoms in total. The summed E-state index contributed by atoms with van der Waals surface area (Å²) in [5, 5.41) is 11.0. The number of amides is 3. The van der Waals surface area contributed by atoms with Crippen LogP contribution in [0.3, 0.4) is 0 Å². The van der Waals surface area contributed by atoms with E-state index in [9.17, 15) is 14.4 Å². The van der Waals surface area contributed by atoms with Gasteiger partial charge >= 0.3 is 0 Å². The molecular weight excluding hydrogens is 790 g/mol. The number of aromatic nitrogens is 4. The van der Waals surface area contributed by atoms with Crippen molar-refractivity contribution in [2.75, 3.05) is 79.4 Å². The van der Waals surface area contributed by atoms with Crippen LogP contribution in [0.1, 0.15) is 78.9 Å². The van der Waals surface area contributed by atoms with E-state index in [2.05, 4.69) is 77.7 Å². The molecule has 3 amide bonds. The number of hydrogen-bond acceptors (Lipinski definition) is 11. The van der Waals surface area contributed by atoms with Crippen LogP contribution in [-0.2, 0) is 16.0 Å². The number of imide groups is 1. The molecule has 3 saturated heterocycles. The molecule has 61 heavy (non-hydrogen) atoms. The highest BCUT2D eigenvalue weighted by Gasteiger charge is 2.31. The Labute approximate surface area is 361 Å². The number of fused-ring (bicyclic) bond motifs is 2. The molecule has 4 aliphatic heterocycles. The molecule has 0 bridgehead atoms. The maximum atomic E-state index is 12.5. The number of primary amides is 1. The third-order valence-electron chi connectivity index (χ3n) is 12.8. The topological polar surface area (TPSA) is 157 Å². The summed E-state index contributed by atoms with van der Waals surface area (Å²) in [6, 6.07) is 18.6. The van der Waals surface area contributed by atoms with Gasteiger partial charge in [0.05, 0.1) is 35.4 Å². The fourth-order valence-electron chi connectivity index (χ4n) is 9.14. The second-order valence-corrected chi connectivity index (χ2v) is 17.2. The Bertz CT molecular complexity index is 2420. The Balaban J connectivity index is 0.00000152. The van der Waals surface area contributed by atoms with E-state index in [0.29, 0.717) is 35.2 Å². The number of nitrogens with one attached hydrogen (secondary N) is 2. The second kappa shape index (κ2) is 17.7. The quantitative estimate of drug-likeness (QED) is 0.134. The minimum atomic E-state index is -0.578. The number of pyridine rings is 1. The molecule has 0 radical (unpaired) electrons. The Morgan fingerprint density at radius 2 is 1.64 bits per heavy atom. The molecule has 15 heteroatoms. The molecule has 10 rings (SSSR count). The SMILES string of the molecule is C1CC1.CNc1cc(N2CCc3c(-c4ccc(N5CCN(CCC6CCN(c7ccc(Cl)c(C8CCC(=O)NC8=O)c7)CC6)CC5)cn4)cccc32)nn2c(C(N)=O)cnc12. The minimum Gasteiger partial charge on any atom is -0.385 e. The van der Waals surface area contributed by atoms with Gasteiger partial charge in [-0.25, -0.2) is 9.50 Å². The predicted octanol–water partition coefficient (Wildman–Crippen LogP) is 6.40. The van der Waals surface area contributed by atoms with Crippen LogP contribution in [0.2, 0.25) is 5.02 Å². The highest BCUT2D eigenvalue weighted by atomic mass is 35.5. The first-order valence-corrected chi connectivity index (χ1v) is 22.2. The van der Waals surface area contributed by atoms with Crippen LogP contribution in [0.15, 0.2) is 67.0 Å². The number of anilines is 5. The Morgan fingerprint density at radius 3 is 2.34 bits per heavy atom. The van der Waals surface area contributed by atoms with Gasteiger partial charge in [-0.15, -0.1) is 5.10 Å². The first kappa shape index (κ1) is 40.7. The molecule has 0 spiro atoms. The maximum absolute atomic E-state index is 12.5. The third-order valence-corrected chi connectivity index (χ3v) is 13.2. The summed E-state index contributed by atoms with van der Waals surface area (Å²) < 4.78 is 1.52. The van der Waals surface area contributed by atoms with Crippen LogP contribution in [0.4, 0.5) is 28.6 Å². The summed E-state index contributed by atoms with van der Waals surface area (Å²) >= 11 is 6.53. The fourth-order valence-corrected chi connectivity index (χ4v) is 9.39. The van der Waals surface area contributed by atoms with Gasteiger partial charge in [-0.1, -0.05) is 43.0 Å². The first-order chi connectivity index (χ1) is 29.7. The molecule has 1 atom stereocenters. The van der Waals surface area contributed by atoms with Crippen LogP contribution in [0.25, 0.3) is 16.9 Å². The minimum absolute atomic E-state index is 0.213. The summed E-state index contributed by atoms with van der Waals surface area (Å²) in [6.45, 7) is 7.84. The number of carbonyl (C=O) groups excluding carboxylic acids is 3. The third kappa shape index (κ3) is 8.74. The molecule has 4 fully saturated rings. The smallest absolute Gasteiger partial charge is 0.269 e. The van der Waals surface area contributed by atoms with Gasteiger partial charge in [-0.3, -0.25) is 29.6 Å². The number of imidazole rings is 1. The number of nitrogens with two attached hydrogens (primary N) is 1. The van der Waals surface area contributed by atoms with E-state index >= 15 is 0 Å². The van der Waals surface area contributed by atoms with Crippen molar-refractivity contribution in [2.45, 2.75) is 63.7 Å². The van der Waals surface area contributed by atoms with Crippen molar-refractivity contribution in [3.05, 3.63) is 88.8 Å². The van der Waals surface area contributed by atoms with Crippen molar-refractivity contribution in [3.63, 3.8) is 0 Å². The van der Waals surface area contributed by atoms with Crippen molar-refractivity contribution in [2.24, 2.45) is 11.7 Å². The molecule has 4 N–H and O–H groups in total. The largest absolute Gasteiger partial charge is 0.385 e. The lowest BCUT2D eigenvalue weighted by Gasteiger charge is -2.38. The van der Waals surface area contributed by atoms with E-state index in [0.717, 1.165) is 111 Å². The van der Waals surface area contributed by atoms with Crippen LogP contribution in [0, 0.1) is 5.92 Å². The Morgan fingerprint density at radius 1 is 0.869 bits per heavy atom. The van der Waals surface area contributed by atoms with Gasteiger partial charge in [0.25, 0.3) is 5.91 Å². The standard InChI is InChI=1S/C43H48ClN11O3.C3H6/c1-46-36-24-39(50-55-38(41(45)57)26-48-42(36)55)54-18-14-31-30(3-2-4-37(31)54)35-9-6-29(25-47-35)53-21-19-51(20-22-53)15-11-27-12-16-52(17-13-27)28-5-8-34(44)33(23-28)32-7-10-40(56)49-43(32)58;1-2-3-1/h2-6,8-9,23-27,32,46H,7,10-22H2,1H3,(H2,45,57)(H,49,56,58);1-3H2. The average Bonchev–Trinajstić information content (AvgIpc) is 4.00. The van der Waals surface area contributed by atoms with Crippen molar-refractivity contribution in [1.29, 1.82) is 0 Å². The van der Waals surface area contributed by atoms with E-state index in [1.807, 2.05) is 25.4 Å². The van der Waals surface area contributed by atoms with Crippen LogP contribution in [0.5, 0.6) is 0 Å². The van der Waals surface area contributed by atoms with Crippen molar-refractivity contribution >= 4 is 63.5 Å². The monoisotopic (exact) mass is 843 g/mol. The van der Waals surface area contributed by atoms with E-state index in [-0.39, 0.29) is 23.4 Å². The van der Waals surface area contributed by atoms with Gasteiger partial charge in [-0.2, -0.15) is 0 Å². The summed E-state index contributed by atoms with van der Waals surface area (Å²) in [7, 11) is 1.82. The summed E-state index contributed by atoms with van der Waals surface area (Å²) in [5.74, 6) is -0.0289. The molecule has 1 unspecified atom stereocenters. The zero-order valence-corrected chi connectivity index (χ0v) is 35.5. The number of piperidine rings is 2. The van der Waals surface area contributed by atoms with Gasteiger partial charge in [0, 0.05) is 87.3 Å². The normalized spacial score (nSPS) is 19.4. The van der Waals surface area contributed by atoms with Crippen LogP contribution < -0.4 is 31.1 Å². The van der Waals surface area contributed by atoms with Crippen molar-refractivity contribution < 1.29 is 14.4 Å². The van der Waals surface area contributed by atoms with Gasteiger partial charge in [0.15, 0.2) is 11.5 Å². The first-order valence-electron chi connectivity index (χ1n) is 21.8. The lowest BCUT2D eigenvalue weighted by atomic mass is 9.89. The highest BCUT2D eigenvalue weighted by Crippen LogP contribution is 2.40. The van der Waals surface area contributed by atoms with Crippen LogP contribution >= 0.6 is 11.6 Å². The Hall–Kier alpha value is -5.73. The van der Waals surface area contributed by atoms with Gasteiger partial charge in [0.2, 0.25) is 11.8 Å². The number of rotatable bonds is 10. The number of nitrogens with zero attached hydrogens (tertiary/aromatic N) is 8. The molecule has 1 saturated carbocycles. The molecule has 5 aliphatic rings. The maximum Gasteiger partial charge on any atom is 0.269 e. The van der Waals surface area contributed by atoms with Gasteiger partial charge in [0.1, 0.15) is 5.69 Å². The van der Waals surface area contributed by atoms with Gasteiger partial charge in [-0.05, 0) is 92.1 Å². The molecule has 2 aromatic carbocycles. The highest BCUT2D eigenvalue weighted by molar-refractivity contribution is 6.31. The van der Waals surface area contributed by atoms with E-state index in [4.69, 9.17) is 27.4 Å². The summed E-state index contributed by atoms with van der Waals surface area (Å²) in [5.41, 5.74) is 14.6. The summed E-state index contributed by atoms with van der Waals surface area (Å²) in [6.07, 6.45) is 13.1. The molecule has 1 aliphatic carbocycles. The molecule has 318 valence electrons. The summed E-state index contributed by atoms with van der Waals surface area (Å²) in [4.78, 5) is 55.3. The average molecular weight is 844 g/mol. The molecule has 3 aromatic heterocycles. The van der Waals surface area contributed by atoms with E-state index in [1.54, 1.807) is 0 Å². The number of halogens is 1. The molecule has 5 aromatic rings. The molecule has 7 heterocycles. The van der Waals surface area contributed by atoms with E-state index < -0.39 is 5.91 Å². The lowest BCUT2D eigenvalue weighted by Crippen LogP contribution is -2.47. The number of carbonyl (C=O) groups is 3. The Kier molecular flexibility index (Phi) is 11.8. The second-order valence-electron chi connectivity index (χ2n) is 16.8. The lowest BCUT2D eigenvalue weighted by molar-refractivity contribution is -0.134. The number of piperazine rings is 1. The number of benzene rings is 2. The van der Waals surface area contributed by atoms with Gasteiger partial charge < -0.3 is 25.8 Å². The van der Waals surface area contributed by atoms with Crippen LogP contribution in [-0.4, -0.2) is 102 Å².